The molecule has 0 amide bonds. The summed E-state index contributed by atoms with van der Waals surface area (Å²) in [6, 6.07) is -0.435. The molecule has 0 aromatic carbocycles. The van der Waals surface area contributed by atoms with Crippen molar-refractivity contribution in [2.24, 2.45) is 11.8 Å². The number of Topliss-reactive ketones (excluding diaryl/α,β-unsaturated/α-hetero) is 2. The van der Waals surface area contributed by atoms with E-state index in [-0.39, 0.29) is 17.8 Å². The first kappa shape index (κ1) is 20.6. The monoisotopic (exact) mass is 335 g/mol. The topological polar surface area (TPSA) is 57.6 Å². The zero-order chi connectivity index (χ0) is 18.7. The molecule has 0 bridgehead atoms. The van der Waals surface area contributed by atoms with Gasteiger partial charge in [0.25, 0.3) is 0 Å². The van der Waals surface area contributed by atoms with Crippen molar-refractivity contribution in [2.75, 3.05) is 6.54 Å². The molecular formula is C20H33NO3. The molecule has 0 aromatic rings. The van der Waals surface area contributed by atoms with Crippen molar-refractivity contribution in [1.82, 2.24) is 4.90 Å². The molecule has 3 atom stereocenters. The maximum absolute atomic E-state index is 12.8. The highest BCUT2D eigenvalue weighted by molar-refractivity contribution is 6.23. The molecule has 0 radical (unpaired) electrons. The second kappa shape index (κ2) is 8.11. The first-order valence-electron chi connectivity index (χ1n) is 9.02. The number of hydrogen-bond donors (Lipinski definition) is 1. The summed E-state index contributed by atoms with van der Waals surface area (Å²) < 4.78 is 0. The van der Waals surface area contributed by atoms with Crippen molar-refractivity contribution in [3.8, 4) is 0 Å². The summed E-state index contributed by atoms with van der Waals surface area (Å²) in [6.45, 7) is 14.3. The lowest BCUT2D eigenvalue weighted by atomic mass is 9.78. The Morgan fingerprint density at radius 1 is 1.38 bits per heavy atom. The van der Waals surface area contributed by atoms with E-state index in [1.165, 1.54) is 6.92 Å². The molecule has 0 aromatic heterocycles. The normalized spacial score (nSPS) is 26.6. The fourth-order valence-corrected chi connectivity index (χ4v) is 3.35. The van der Waals surface area contributed by atoms with E-state index in [2.05, 4.69) is 33.8 Å². The summed E-state index contributed by atoms with van der Waals surface area (Å²) in [5.74, 6) is 0.0499. The summed E-state index contributed by atoms with van der Waals surface area (Å²) in [6.07, 6.45) is 5.06. The number of carbonyl (C=O) groups excluding carboxylic acids is 2. The Hall–Kier alpha value is -1.42. The van der Waals surface area contributed by atoms with E-state index >= 15 is 0 Å². The Morgan fingerprint density at radius 3 is 2.42 bits per heavy atom. The Kier molecular flexibility index (Phi) is 6.97. The number of carbonyl (C=O) groups is 2. The summed E-state index contributed by atoms with van der Waals surface area (Å²) in [5, 5.41) is 11.0. The Labute approximate surface area is 146 Å². The van der Waals surface area contributed by atoms with E-state index in [1.54, 1.807) is 13.1 Å². The molecule has 1 aliphatic rings. The van der Waals surface area contributed by atoms with Crippen molar-refractivity contribution in [3.63, 3.8) is 0 Å². The molecule has 24 heavy (non-hydrogen) atoms. The van der Waals surface area contributed by atoms with Crippen LogP contribution in [0.25, 0.3) is 0 Å². The fourth-order valence-electron chi connectivity index (χ4n) is 3.35. The van der Waals surface area contributed by atoms with Gasteiger partial charge in [0.05, 0.1) is 11.6 Å². The Balaban J connectivity index is 3.42. The van der Waals surface area contributed by atoms with Gasteiger partial charge in [0, 0.05) is 19.2 Å². The number of nitrogens with zero attached hydrogens (tertiary/aromatic N) is 1. The molecule has 0 spiro atoms. The van der Waals surface area contributed by atoms with Gasteiger partial charge in [0.1, 0.15) is 5.60 Å². The molecule has 1 N–H and O–H groups in total. The van der Waals surface area contributed by atoms with Crippen LogP contribution in [0, 0.1) is 11.8 Å². The van der Waals surface area contributed by atoms with Gasteiger partial charge >= 0.3 is 0 Å². The summed E-state index contributed by atoms with van der Waals surface area (Å²) in [5.41, 5.74) is -0.504. The van der Waals surface area contributed by atoms with E-state index in [9.17, 15) is 14.7 Å². The van der Waals surface area contributed by atoms with E-state index in [1.807, 2.05) is 11.8 Å². The van der Waals surface area contributed by atoms with E-state index < -0.39 is 17.4 Å². The molecule has 0 fully saturated rings. The lowest BCUT2D eigenvalue weighted by Gasteiger charge is -2.45. The Morgan fingerprint density at radius 2 is 1.96 bits per heavy atom. The van der Waals surface area contributed by atoms with Crippen molar-refractivity contribution in [2.45, 2.75) is 73.0 Å². The second-order valence-corrected chi connectivity index (χ2v) is 7.59. The van der Waals surface area contributed by atoms with Crippen molar-refractivity contribution >= 4 is 11.6 Å². The van der Waals surface area contributed by atoms with Crippen LogP contribution in [0.15, 0.2) is 23.4 Å². The van der Waals surface area contributed by atoms with Crippen LogP contribution in [-0.4, -0.2) is 39.8 Å². The molecule has 1 aliphatic heterocycles. The quantitative estimate of drug-likeness (QED) is 0.571. The summed E-state index contributed by atoms with van der Waals surface area (Å²) in [7, 11) is 0. The molecule has 1 heterocycles. The van der Waals surface area contributed by atoms with E-state index in [0.29, 0.717) is 18.4 Å². The number of aliphatic hydroxyl groups is 1. The number of rotatable bonds is 7. The van der Waals surface area contributed by atoms with E-state index in [4.69, 9.17) is 0 Å². The second-order valence-electron chi connectivity index (χ2n) is 7.59. The molecule has 136 valence electrons. The molecular weight excluding hydrogens is 302 g/mol. The maximum Gasteiger partial charge on any atom is 0.201 e. The van der Waals surface area contributed by atoms with Crippen LogP contribution < -0.4 is 0 Å². The standard InChI is InChI=1S/C20H33NO3/c1-8-14(5)10-15(6)18-20(7,24)19(23)16(17(22)9-2)12-21(18)11-13(3)4/h10,12-14,18,24H,8-9,11H2,1-7H3/b15-10+/t14-,18+,20-/m0/s1. The molecule has 4 heteroatoms. The molecule has 0 aliphatic carbocycles. The minimum Gasteiger partial charge on any atom is -0.379 e. The van der Waals surface area contributed by atoms with Crippen LogP contribution in [0.4, 0.5) is 0 Å². The van der Waals surface area contributed by atoms with Gasteiger partial charge in [-0.25, -0.2) is 0 Å². The minimum absolute atomic E-state index is 0.121. The highest BCUT2D eigenvalue weighted by atomic mass is 16.3. The van der Waals surface area contributed by atoms with Gasteiger partial charge in [-0.2, -0.15) is 0 Å². The third-order valence-corrected chi connectivity index (χ3v) is 4.68. The zero-order valence-electron chi connectivity index (χ0n) is 16.2. The SMILES string of the molecule is CCC(=O)C1=CN(CC(C)C)[C@H](/C(C)=C/[C@@H](C)CC)[C@](C)(O)C1=O. The maximum atomic E-state index is 12.8. The van der Waals surface area contributed by atoms with Crippen LogP contribution in [0.1, 0.15) is 61.3 Å². The average Bonchev–Trinajstić information content (AvgIpc) is 2.48. The van der Waals surface area contributed by atoms with Crippen LogP contribution >= 0.6 is 0 Å². The molecule has 0 saturated carbocycles. The number of hydrogen-bond acceptors (Lipinski definition) is 4. The fraction of sp³-hybridized carbons (Fsp3) is 0.700. The van der Waals surface area contributed by atoms with E-state index in [0.717, 1.165) is 12.0 Å². The van der Waals surface area contributed by atoms with Gasteiger partial charge < -0.3 is 10.0 Å². The van der Waals surface area contributed by atoms with Gasteiger partial charge in [-0.05, 0) is 25.7 Å². The van der Waals surface area contributed by atoms with Crippen LogP contribution in [0.2, 0.25) is 0 Å². The average molecular weight is 335 g/mol. The third-order valence-electron chi connectivity index (χ3n) is 4.68. The summed E-state index contributed by atoms with van der Waals surface area (Å²) >= 11 is 0. The van der Waals surface area contributed by atoms with Crippen molar-refractivity contribution < 1.29 is 14.7 Å². The highest BCUT2D eigenvalue weighted by Crippen LogP contribution is 2.33. The van der Waals surface area contributed by atoms with Gasteiger partial charge in [-0.1, -0.05) is 52.7 Å². The first-order valence-corrected chi connectivity index (χ1v) is 9.02. The highest BCUT2D eigenvalue weighted by Gasteiger charge is 2.48. The lowest BCUT2D eigenvalue weighted by Crippen LogP contribution is -2.59. The van der Waals surface area contributed by atoms with Crippen LogP contribution in [0.5, 0.6) is 0 Å². The molecule has 0 unspecified atom stereocenters. The van der Waals surface area contributed by atoms with Crippen molar-refractivity contribution in [3.05, 3.63) is 23.4 Å². The molecule has 4 nitrogen and oxygen atoms in total. The third kappa shape index (κ3) is 4.35. The van der Waals surface area contributed by atoms with Crippen LogP contribution in [0.3, 0.4) is 0 Å². The number of ketones is 2. The summed E-state index contributed by atoms with van der Waals surface area (Å²) in [4.78, 5) is 26.9. The lowest BCUT2D eigenvalue weighted by molar-refractivity contribution is -0.140. The van der Waals surface area contributed by atoms with Gasteiger partial charge in [0.2, 0.25) is 5.78 Å². The van der Waals surface area contributed by atoms with Crippen molar-refractivity contribution in [1.29, 1.82) is 0 Å². The smallest absolute Gasteiger partial charge is 0.201 e. The minimum atomic E-state index is -1.60. The first-order chi connectivity index (χ1) is 11.1. The van der Waals surface area contributed by atoms with Gasteiger partial charge in [-0.3, -0.25) is 9.59 Å². The Bertz CT molecular complexity index is 543. The zero-order valence-corrected chi connectivity index (χ0v) is 16.2. The predicted molar refractivity (Wildman–Crippen MR) is 97.6 cm³/mol. The van der Waals surface area contributed by atoms with Crippen LogP contribution in [-0.2, 0) is 9.59 Å². The number of allylic oxidation sites excluding steroid dienone is 1. The molecule has 0 saturated heterocycles. The molecule has 1 rings (SSSR count). The predicted octanol–water partition coefficient (Wildman–Crippen LogP) is 3.50. The largest absolute Gasteiger partial charge is 0.379 e. The van der Waals surface area contributed by atoms with Gasteiger partial charge in [-0.15, -0.1) is 0 Å². The van der Waals surface area contributed by atoms with Gasteiger partial charge in [0.15, 0.2) is 5.78 Å².